The van der Waals surface area contributed by atoms with Gasteiger partial charge in [0.15, 0.2) is 11.6 Å². The highest BCUT2D eigenvalue weighted by Gasteiger charge is 2.25. The molecule has 0 aromatic heterocycles. The van der Waals surface area contributed by atoms with E-state index in [1.54, 1.807) is 12.1 Å². The quantitative estimate of drug-likeness (QED) is 0.350. The van der Waals surface area contributed by atoms with E-state index in [2.05, 4.69) is 10.0 Å². The minimum atomic E-state index is -3.41. The number of amides is 3. The minimum absolute atomic E-state index is 0.00268. The molecular weight excluding hydrogens is 425 g/mol. The van der Waals surface area contributed by atoms with Crippen LogP contribution in [0, 0.1) is 11.7 Å². The first kappa shape index (κ1) is 23.5. The Bertz CT molecular complexity index is 889. The molecule has 0 spiro atoms. The largest absolute Gasteiger partial charge is 0.490 e. The Kier molecular flexibility index (Phi) is 8.25. The highest BCUT2D eigenvalue weighted by molar-refractivity contribution is 7.89. The number of unbranched alkanes of at least 4 members (excludes halogenated alkanes) is 2. The van der Waals surface area contributed by atoms with Crippen LogP contribution in [-0.2, 0) is 21.2 Å². The van der Waals surface area contributed by atoms with Crippen LogP contribution in [0.2, 0.25) is 0 Å². The topological polar surface area (TPSA) is 105 Å². The average Bonchev–Trinajstić information content (AvgIpc) is 2.99. The van der Waals surface area contributed by atoms with E-state index >= 15 is 0 Å². The average molecular weight is 456 g/mol. The van der Waals surface area contributed by atoms with Crippen molar-refractivity contribution in [1.82, 2.24) is 14.9 Å². The van der Waals surface area contributed by atoms with Crippen molar-refractivity contribution in [3.8, 4) is 5.75 Å². The molecule has 1 saturated carbocycles. The number of hydrogen-bond donors (Lipinski definition) is 2. The summed E-state index contributed by atoms with van der Waals surface area (Å²) in [5, 5.41) is 2.21. The van der Waals surface area contributed by atoms with Gasteiger partial charge in [-0.25, -0.2) is 22.3 Å². The number of ether oxygens (including phenoxy) is 1. The summed E-state index contributed by atoms with van der Waals surface area (Å²) < 4.78 is 46.4. The second kappa shape index (κ2) is 10.9. The molecule has 2 fully saturated rings. The van der Waals surface area contributed by atoms with E-state index in [1.165, 1.54) is 17.4 Å². The number of sulfonamides is 1. The number of carbonyl (C=O) groups excluding carboxylic acids is 2. The van der Waals surface area contributed by atoms with Gasteiger partial charge in [0.2, 0.25) is 15.9 Å². The van der Waals surface area contributed by atoms with E-state index in [9.17, 15) is 22.4 Å². The Morgan fingerprint density at radius 2 is 2.00 bits per heavy atom. The third-order valence-electron chi connectivity index (χ3n) is 5.64. The molecule has 0 unspecified atom stereocenters. The highest BCUT2D eigenvalue weighted by atomic mass is 32.2. The molecule has 31 heavy (non-hydrogen) atoms. The van der Waals surface area contributed by atoms with E-state index in [-0.39, 0.29) is 30.5 Å². The molecule has 0 atom stereocenters. The summed E-state index contributed by atoms with van der Waals surface area (Å²) in [6.45, 7) is 1.24. The fourth-order valence-corrected chi connectivity index (χ4v) is 4.68. The third kappa shape index (κ3) is 7.46. The Morgan fingerprint density at radius 3 is 2.68 bits per heavy atom. The zero-order chi connectivity index (χ0) is 22.3. The van der Waals surface area contributed by atoms with Crippen LogP contribution in [0.1, 0.15) is 44.1 Å². The van der Waals surface area contributed by atoms with Gasteiger partial charge in [-0.15, -0.1) is 0 Å². The second-order valence-electron chi connectivity index (χ2n) is 8.17. The fourth-order valence-electron chi connectivity index (χ4n) is 3.54. The molecular formula is C21H30FN3O5S. The van der Waals surface area contributed by atoms with Gasteiger partial charge in [-0.1, -0.05) is 18.9 Å². The second-order valence-corrected chi connectivity index (χ2v) is 10.1. The van der Waals surface area contributed by atoms with Crippen LogP contribution in [0.5, 0.6) is 5.75 Å². The van der Waals surface area contributed by atoms with Crippen molar-refractivity contribution >= 4 is 22.0 Å². The lowest BCUT2D eigenvalue weighted by Crippen LogP contribution is -2.29. The molecule has 2 aliphatic rings. The van der Waals surface area contributed by atoms with Crippen LogP contribution in [0.4, 0.5) is 9.18 Å². The maximum atomic E-state index is 13.9. The SMILES string of the molecule is O=C1CN(CCCCCS(=O)(=O)NCCc2ccc(F)c(OCC3CCC3)c2)C(=O)N1. The molecule has 10 heteroatoms. The summed E-state index contributed by atoms with van der Waals surface area (Å²) in [6, 6.07) is 4.24. The molecule has 1 heterocycles. The molecule has 8 nitrogen and oxygen atoms in total. The predicted octanol–water partition coefficient (Wildman–Crippen LogP) is 2.19. The van der Waals surface area contributed by atoms with Gasteiger partial charge in [0, 0.05) is 13.1 Å². The van der Waals surface area contributed by atoms with Crippen LogP contribution < -0.4 is 14.8 Å². The summed E-state index contributed by atoms with van der Waals surface area (Å²) in [4.78, 5) is 24.0. The van der Waals surface area contributed by atoms with Crippen molar-refractivity contribution in [1.29, 1.82) is 0 Å². The first-order valence-electron chi connectivity index (χ1n) is 10.8. The molecule has 1 saturated heterocycles. The molecule has 3 amide bonds. The molecule has 1 aliphatic heterocycles. The van der Waals surface area contributed by atoms with E-state index in [4.69, 9.17) is 4.74 Å². The first-order valence-corrected chi connectivity index (χ1v) is 12.4. The number of nitrogens with zero attached hydrogens (tertiary/aromatic N) is 1. The lowest BCUT2D eigenvalue weighted by molar-refractivity contribution is -0.118. The maximum Gasteiger partial charge on any atom is 0.324 e. The first-order chi connectivity index (χ1) is 14.8. The number of carbonyl (C=O) groups is 2. The Balaban J connectivity index is 1.32. The normalized spacial score (nSPS) is 17.0. The standard InChI is InChI=1S/C21H30FN3O5S/c22-18-8-7-16(13-19(18)30-15-17-5-4-6-17)9-10-23-31(28,29)12-3-1-2-11-25-14-20(26)24-21(25)27/h7-8,13,17,23H,1-6,9-12,14-15H2,(H,24,26,27). The number of halogens is 1. The molecule has 1 aromatic carbocycles. The van der Waals surface area contributed by atoms with Gasteiger partial charge in [0.25, 0.3) is 0 Å². The van der Waals surface area contributed by atoms with Crippen molar-refractivity contribution in [2.75, 3.05) is 32.0 Å². The van der Waals surface area contributed by atoms with Gasteiger partial charge < -0.3 is 9.64 Å². The van der Waals surface area contributed by atoms with E-state index in [0.717, 1.165) is 18.4 Å². The number of urea groups is 1. The third-order valence-corrected chi connectivity index (χ3v) is 7.11. The number of benzene rings is 1. The summed E-state index contributed by atoms with van der Waals surface area (Å²) in [5.74, 6) is 0.0111. The Morgan fingerprint density at radius 1 is 1.19 bits per heavy atom. The van der Waals surface area contributed by atoms with Crippen LogP contribution in [0.25, 0.3) is 0 Å². The van der Waals surface area contributed by atoms with Crippen LogP contribution >= 0.6 is 0 Å². The highest BCUT2D eigenvalue weighted by Crippen LogP contribution is 2.28. The zero-order valence-electron chi connectivity index (χ0n) is 17.6. The molecule has 172 valence electrons. The molecule has 0 bridgehead atoms. The van der Waals surface area contributed by atoms with Crippen molar-refractivity contribution in [3.05, 3.63) is 29.6 Å². The zero-order valence-corrected chi connectivity index (χ0v) is 18.4. The van der Waals surface area contributed by atoms with Crippen molar-refractivity contribution in [2.45, 2.75) is 44.9 Å². The van der Waals surface area contributed by atoms with Crippen molar-refractivity contribution in [3.63, 3.8) is 0 Å². The maximum absolute atomic E-state index is 13.9. The lowest BCUT2D eigenvalue weighted by atomic mass is 9.86. The van der Waals surface area contributed by atoms with Gasteiger partial charge >= 0.3 is 6.03 Å². The van der Waals surface area contributed by atoms with E-state index in [0.29, 0.717) is 44.8 Å². The van der Waals surface area contributed by atoms with Crippen molar-refractivity contribution in [2.24, 2.45) is 5.92 Å². The summed E-state index contributed by atoms with van der Waals surface area (Å²) in [5.41, 5.74) is 0.811. The Hall–Kier alpha value is -2.20. The van der Waals surface area contributed by atoms with Gasteiger partial charge in [-0.05, 0) is 55.7 Å². The van der Waals surface area contributed by atoms with E-state index < -0.39 is 21.9 Å². The molecule has 3 rings (SSSR count). The van der Waals surface area contributed by atoms with Gasteiger partial charge in [-0.2, -0.15) is 0 Å². The smallest absolute Gasteiger partial charge is 0.324 e. The number of imide groups is 1. The number of hydrogen-bond acceptors (Lipinski definition) is 5. The molecule has 2 N–H and O–H groups in total. The Labute approximate surface area is 182 Å². The van der Waals surface area contributed by atoms with Gasteiger partial charge in [-0.3, -0.25) is 10.1 Å². The lowest BCUT2D eigenvalue weighted by Gasteiger charge is -2.25. The fraction of sp³-hybridized carbons (Fsp3) is 0.619. The van der Waals surface area contributed by atoms with Crippen LogP contribution in [0.3, 0.4) is 0 Å². The van der Waals surface area contributed by atoms with Crippen LogP contribution in [-0.4, -0.2) is 57.3 Å². The van der Waals surface area contributed by atoms with Gasteiger partial charge in [0.05, 0.1) is 12.4 Å². The van der Waals surface area contributed by atoms with Gasteiger partial charge in [0.1, 0.15) is 6.54 Å². The minimum Gasteiger partial charge on any atom is -0.490 e. The molecule has 1 aromatic rings. The predicted molar refractivity (Wildman–Crippen MR) is 114 cm³/mol. The summed E-state index contributed by atoms with van der Waals surface area (Å²) in [6.07, 6.45) is 5.62. The molecule has 0 radical (unpaired) electrons. The van der Waals surface area contributed by atoms with Crippen LogP contribution in [0.15, 0.2) is 18.2 Å². The number of nitrogens with one attached hydrogen (secondary N) is 2. The monoisotopic (exact) mass is 455 g/mol. The summed E-state index contributed by atoms with van der Waals surface area (Å²) in [7, 11) is -3.41. The number of rotatable bonds is 13. The van der Waals surface area contributed by atoms with Crippen molar-refractivity contribution < 1.29 is 27.1 Å². The summed E-state index contributed by atoms with van der Waals surface area (Å²) >= 11 is 0. The van der Waals surface area contributed by atoms with E-state index in [1.807, 2.05) is 0 Å². The molecule has 1 aliphatic carbocycles.